The van der Waals surface area contributed by atoms with E-state index in [1.807, 2.05) is 0 Å². The van der Waals surface area contributed by atoms with E-state index in [1.54, 1.807) is 19.9 Å². The summed E-state index contributed by atoms with van der Waals surface area (Å²) in [6.45, 7) is 3.52. The molecule has 0 amide bonds. The molecular formula is C10H13F3OSi. The second-order valence-corrected chi connectivity index (χ2v) is 4.20. The summed E-state index contributed by atoms with van der Waals surface area (Å²) in [4.78, 5) is 0. The second kappa shape index (κ2) is 3.98. The average Bonchev–Trinajstić information content (AvgIpc) is 2.17. The summed E-state index contributed by atoms with van der Waals surface area (Å²) in [6.07, 6.45) is -4.29. The molecule has 1 aromatic carbocycles. The Labute approximate surface area is 89.8 Å². The van der Waals surface area contributed by atoms with E-state index >= 15 is 0 Å². The molecule has 0 aromatic heterocycles. The van der Waals surface area contributed by atoms with Crippen molar-refractivity contribution in [2.24, 2.45) is 0 Å². The van der Waals surface area contributed by atoms with Crippen molar-refractivity contribution in [2.45, 2.75) is 25.6 Å². The van der Waals surface area contributed by atoms with Crippen molar-refractivity contribution in [3.63, 3.8) is 0 Å². The predicted octanol–water partition coefficient (Wildman–Crippen LogP) is 2.24. The normalized spacial score (nSPS) is 13.1. The molecule has 1 nitrogen and oxygen atoms in total. The van der Waals surface area contributed by atoms with Gasteiger partial charge in [-0.25, -0.2) is 0 Å². The summed E-state index contributed by atoms with van der Waals surface area (Å²) in [7, 11) is 0.488. The van der Waals surface area contributed by atoms with E-state index in [0.717, 1.165) is 12.1 Å². The van der Waals surface area contributed by atoms with Gasteiger partial charge in [0.1, 0.15) is 10.5 Å². The van der Waals surface area contributed by atoms with Crippen molar-refractivity contribution in [1.82, 2.24) is 0 Å². The summed E-state index contributed by atoms with van der Waals surface area (Å²) in [5.41, 5.74) is -0.730. The highest BCUT2D eigenvalue weighted by molar-refractivity contribution is 5.98. The fraction of sp³-hybridized carbons (Fsp3) is 0.400. The lowest BCUT2D eigenvalue weighted by Gasteiger charge is -2.25. The Hall–Kier alpha value is -0.813. The van der Waals surface area contributed by atoms with Gasteiger partial charge in [0, 0.05) is 0 Å². The van der Waals surface area contributed by atoms with Crippen LogP contribution in [0.4, 0.5) is 13.2 Å². The summed E-state index contributed by atoms with van der Waals surface area (Å²) in [5, 5.41) is 0. The third-order valence-corrected chi connectivity index (χ3v) is 3.42. The molecule has 0 bridgehead atoms. The van der Waals surface area contributed by atoms with E-state index in [-0.39, 0.29) is 0 Å². The van der Waals surface area contributed by atoms with Gasteiger partial charge in [-0.3, -0.25) is 0 Å². The van der Waals surface area contributed by atoms with E-state index < -0.39 is 17.3 Å². The fourth-order valence-corrected chi connectivity index (χ4v) is 1.42. The maximum Gasteiger partial charge on any atom is 0.416 e. The van der Waals surface area contributed by atoms with Gasteiger partial charge in [0.15, 0.2) is 0 Å². The maximum atomic E-state index is 12.4. The molecule has 0 atom stereocenters. The minimum Gasteiger partial charge on any atom is -0.419 e. The number of alkyl halides is 3. The summed E-state index contributed by atoms with van der Waals surface area (Å²) in [5.74, 6) is 0. The van der Waals surface area contributed by atoms with Crippen LogP contribution in [-0.2, 0) is 16.2 Å². The van der Waals surface area contributed by atoms with E-state index in [1.165, 1.54) is 6.07 Å². The van der Waals surface area contributed by atoms with Crippen LogP contribution in [0.5, 0.6) is 0 Å². The molecule has 0 N–H and O–H groups in total. The largest absolute Gasteiger partial charge is 0.419 e. The summed E-state index contributed by atoms with van der Waals surface area (Å²) < 4.78 is 42.5. The molecule has 0 aliphatic carbocycles. The van der Waals surface area contributed by atoms with Crippen LogP contribution < -0.4 is 0 Å². The van der Waals surface area contributed by atoms with E-state index in [4.69, 9.17) is 4.43 Å². The number of benzene rings is 1. The van der Waals surface area contributed by atoms with Crippen LogP contribution in [-0.4, -0.2) is 10.5 Å². The standard InChI is InChI=1S/C10H13F3OSi/c1-9(2,14-15)7-4-3-5-8(6-7)10(11,12)13/h3-6H,1-2,15H3. The van der Waals surface area contributed by atoms with Gasteiger partial charge in [0.05, 0.1) is 11.2 Å². The molecule has 0 unspecified atom stereocenters. The molecule has 0 fully saturated rings. The Bertz CT molecular complexity index is 347. The van der Waals surface area contributed by atoms with Crippen LogP contribution in [0.2, 0.25) is 0 Å². The second-order valence-electron chi connectivity index (χ2n) is 3.79. The monoisotopic (exact) mass is 234 g/mol. The minimum absolute atomic E-state index is 0.488. The Balaban J connectivity index is 3.14. The Morgan fingerprint density at radius 2 is 1.67 bits per heavy atom. The Morgan fingerprint density at radius 3 is 2.13 bits per heavy atom. The highest BCUT2D eigenvalue weighted by Crippen LogP contribution is 2.32. The molecule has 0 aliphatic heterocycles. The molecule has 0 aliphatic rings. The van der Waals surface area contributed by atoms with Crippen molar-refractivity contribution < 1.29 is 17.6 Å². The first kappa shape index (κ1) is 12.3. The average molecular weight is 234 g/mol. The van der Waals surface area contributed by atoms with Crippen LogP contribution in [0.3, 0.4) is 0 Å². The molecule has 84 valence electrons. The lowest BCUT2D eigenvalue weighted by Crippen LogP contribution is -2.21. The maximum absolute atomic E-state index is 12.4. The van der Waals surface area contributed by atoms with Gasteiger partial charge in [0.25, 0.3) is 0 Å². The third-order valence-electron chi connectivity index (χ3n) is 2.40. The highest BCUT2D eigenvalue weighted by atomic mass is 28.2. The van der Waals surface area contributed by atoms with Crippen molar-refractivity contribution in [1.29, 1.82) is 0 Å². The molecule has 0 saturated heterocycles. The number of halogens is 3. The topological polar surface area (TPSA) is 9.23 Å². The van der Waals surface area contributed by atoms with Gasteiger partial charge in [0.2, 0.25) is 0 Å². The first-order chi connectivity index (χ1) is 6.77. The van der Waals surface area contributed by atoms with Crippen molar-refractivity contribution in [3.8, 4) is 0 Å². The van der Waals surface area contributed by atoms with Crippen molar-refractivity contribution >= 4 is 10.5 Å². The number of hydrogen-bond acceptors (Lipinski definition) is 1. The van der Waals surface area contributed by atoms with Crippen LogP contribution >= 0.6 is 0 Å². The molecule has 0 saturated carbocycles. The zero-order chi connectivity index (χ0) is 11.7. The van der Waals surface area contributed by atoms with Crippen LogP contribution in [0.1, 0.15) is 25.0 Å². The SMILES string of the molecule is CC(C)(O[SiH3])c1cccc(C(F)(F)F)c1. The fourth-order valence-electron chi connectivity index (χ4n) is 1.19. The molecule has 15 heavy (non-hydrogen) atoms. The molecule has 0 spiro atoms. The van der Waals surface area contributed by atoms with Crippen molar-refractivity contribution in [3.05, 3.63) is 35.4 Å². The Morgan fingerprint density at radius 1 is 1.13 bits per heavy atom. The van der Waals surface area contributed by atoms with Crippen LogP contribution in [0, 0.1) is 0 Å². The van der Waals surface area contributed by atoms with Gasteiger partial charge >= 0.3 is 6.18 Å². The molecular weight excluding hydrogens is 221 g/mol. The van der Waals surface area contributed by atoms with Gasteiger partial charge in [-0.15, -0.1) is 0 Å². The van der Waals surface area contributed by atoms with E-state index in [2.05, 4.69) is 0 Å². The molecule has 0 radical (unpaired) electrons. The lowest BCUT2D eigenvalue weighted by molar-refractivity contribution is -0.137. The zero-order valence-corrected chi connectivity index (χ0v) is 10.9. The lowest BCUT2D eigenvalue weighted by atomic mass is 9.96. The van der Waals surface area contributed by atoms with Crippen molar-refractivity contribution in [2.75, 3.05) is 0 Å². The number of rotatable bonds is 2. The van der Waals surface area contributed by atoms with Gasteiger partial charge in [-0.05, 0) is 31.5 Å². The third kappa shape index (κ3) is 2.82. The van der Waals surface area contributed by atoms with Gasteiger partial charge < -0.3 is 4.43 Å². The predicted molar refractivity (Wildman–Crippen MR) is 55.5 cm³/mol. The smallest absolute Gasteiger partial charge is 0.416 e. The van der Waals surface area contributed by atoms with Crippen LogP contribution in [0.15, 0.2) is 24.3 Å². The summed E-state index contributed by atoms with van der Waals surface area (Å²) >= 11 is 0. The first-order valence-electron chi connectivity index (χ1n) is 4.50. The number of hydrogen-bond donors (Lipinski definition) is 0. The highest BCUT2D eigenvalue weighted by Gasteiger charge is 2.31. The zero-order valence-electron chi connectivity index (χ0n) is 8.85. The van der Waals surface area contributed by atoms with Gasteiger partial charge in [-0.1, -0.05) is 12.1 Å². The quantitative estimate of drug-likeness (QED) is 0.713. The molecule has 1 aromatic rings. The van der Waals surface area contributed by atoms with Crippen LogP contribution in [0.25, 0.3) is 0 Å². The Kier molecular flexibility index (Phi) is 3.25. The van der Waals surface area contributed by atoms with E-state index in [0.29, 0.717) is 16.0 Å². The first-order valence-corrected chi connectivity index (χ1v) is 5.32. The molecule has 0 heterocycles. The molecule has 5 heteroatoms. The van der Waals surface area contributed by atoms with E-state index in [9.17, 15) is 13.2 Å². The van der Waals surface area contributed by atoms with Gasteiger partial charge in [-0.2, -0.15) is 13.2 Å². The molecule has 1 rings (SSSR count). The summed E-state index contributed by atoms with van der Waals surface area (Å²) in [6, 6.07) is 5.25. The minimum atomic E-state index is -4.29.